The number of likely N-dealkylation sites (tertiary alicyclic amines) is 1. The second kappa shape index (κ2) is 13.9. The minimum Gasteiger partial charge on any atom is -0.371 e. The van der Waals surface area contributed by atoms with Gasteiger partial charge in [-0.25, -0.2) is 12.8 Å². The monoisotopic (exact) mass is 646 g/mol. The summed E-state index contributed by atoms with van der Waals surface area (Å²) in [5.41, 5.74) is 0.916. The lowest BCUT2D eigenvalue weighted by molar-refractivity contribution is -0.117. The van der Waals surface area contributed by atoms with Crippen LogP contribution in [0.3, 0.4) is 0 Å². The molecule has 9 heteroatoms. The molecule has 4 aliphatic rings. The van der Waals surface area contributed by atoms with Gasteiger partial charge in [0.1, 0.15) is 5.82 Å². The molecule has 6 rings (SSSR count). The van der Waals surface area contributed by atoms with Crippen LogP contribution in [0.4, 0.5) is 10.1 Å². The van der Waals surface area contributed by atoms with E-state index in [9.17, 15) is 22.9 Å². The molecule has 2 saturated heterocycles. The molecule has 246 valence electrons. The van der Waals surface area contributed by atoms with Crippen molar-refractivity contribution in [1.29, 1.82) is 5.26 Å². The Hall–Kier alpha value is -3.22. The van der Waals surface area contributed by atoms with E-state index >= 15 is 0 Å². The molecule has 0 radical (unpaired) electrons. The van der Waals surface area contributed by atoms with Gasteiger partial charge >= 0.3 is 0 Å². The van der Waals surface area contributed by atoms with Crippen LogP contribution in [-0.2, 0) is 20.0 Å². The number of hydrogen-bond acceptors (Lipinski definition) is 6. The predicted octanol–water partition coefficient (Wildman–Crippen LogP) is 6.01. The molecule has 46 heavy (non-hydrogen) atoms. The second-order valence-corrected chi connectivity index (χ2v) is 16.2. The van der Waals surface area contributed by atoms with Gasteiger partial charge in [0.25, 0.3) is 0 Å². The van der Waals surface area contributed by atoms with Gasteiger partial charge in [-0.2, -0.15) is 5.26 Å². The Labute approximate surface area is 273 Å². The molecule has 0 unspecified atom stereocenters. The minimum atomic E-state index is -3.26. The Morgan fingerprint density at radius 3 is 2.37 bits per heavy atom. The van der Waals surface area contributed by atoms with E-state index in [4.69, 9.17) is 0 Å². The van der Waals surface area contributed by atoms with E-state index in [1.807, 2.05) is 18.2 Å². The summed E-state index contributed by atoms with van der Waals surface area (Å²) in [7, 11) is -3.26. The fourth-order valence-electron chi connectivity index (χ4n) is 8.90. The van der Waals surface area contributed by atoms with E-state index in [-0.39, 0.29) is 34.9 Å². The first-order valence-electron chi connectivity index (χ1n) is 17.2. The van der Waals surface area contributed by atoms with Crippen LogP contribution in [0.5, 0.6) is 0 Å². The fraction of sp³-hybridized carbons (Fsp3) is 0.568. The zero-order valence-electron chi connectivity index (χ0n) is 26.7. The van der Waals surface area contributed by atoms with Gasteiger partial charge in [-0.1, -0.05) is 44.4 Å². The van der Waals surface area contributed by atoms with Crippen molar-refractivity contribution in [3.8, 4) is 6.07 Å². The molecule has 3 atom stereocenters. The number of carbonyl (C=O) groups is 1. The molecular weight excluding hydrogens is 599 g/mol. The molecular formula is C37H47FN4O3S. The van der Waals surface area contributed by atoms with Crippen LogP contribution in [0.25, 0.3) is 0 Å². The van der Waals surface area contributed by atoms with Gasteiger partial charge in [0.15, 0.2) is 9.84 Å². The first kappa shape index (κ1) is 32.7. The van der Waals surface area contributed by atoms with Gasteiger partial charge in [-0.15, -0.1) is 0 Å². The van der Waals surface area contributed by atoms with Crippen molar-refractivity contribution in [1.82, 2.24) is 10.2 Å². The van der Waals surface area contributed by atoms with Crippen molar-refractivity contribution in [2.45, 2.75) is 85.8 Å². The average molecular weight is 647 g/mol. The van der Waals surface area contributed by atoms with Crippen molar-refractivity contribution in [2.75, 3.05) is 37.6 Å². The van der Waals surface area contributed by atoms with Crippen LogP contribution in [0.15, 0.2) is 66.1 Å². The van der Waals surface area contributed by atoms with Gasteiger partial charge in [-0.3, -0.25) is 4.79 Å². The lowest BCUT2D eigenvalue weighted by Gasteiger charge is -2.48. The van der Waals surface area contributed by atoms with Crippen LogP contribution >= 0.6 is 0 Å². The highest BCUT2D eigenvalue weighted by molar-refractivity contribution is 7.92. The average Bonchev–Trinajstić information content (AvgIpc) is 3.52. The first-order chi connectivity index (χ1) is 22.2. The van der Waals surface area contributed by atoms with Crippen molar-refractivity contribution in [3.63, 3.8) is 0 Å². The number of piperidine rings is 1. The molecule has 2 aliphatic carbocycles. The molecule has 2 aromatic carbocycles. The van der Waals surface area contributed by atoms with Crippen LogP contribution < -0.4 is 10.2 Å². The lowest BCUT2D eigenvalue weighted by Crippen LogP contribution is -2.55. The van der Waals surface area contributed by atoms with Gasteiger partial charge in [0.2, 0.25) is 5.91 Å². The summed E-state index contributed by atoms with van der Waals surface area (Å²) in [6.45, 7) is 8.22. The van der Waals surface area contributed by atoms with E-state index in [2.05, 4.69) is 27.8 Å². The Balaban J connectivity index is 1.07. The second-order valence-electron chi connectivity index (χ2n) is 14.0. The van der Waals surface area contributed by atoms with Gasteiger partial charge < -0.3 is 15.1 Å². The maximum Gasteiger partial charge on any atom is 0.243 e. The largest absolute Gasteiger partial charge is 0.371 e. The Kier molecular flexibility index (Phi) is 9.86. The van der Waals surface area contributed by atoms with Gasteiger partial charge in [0, 0.05) is 43.2 Å². The third-order valence-electron chi connectivity index (χ3n) is 11.3. The van der Waals surface area contributed by atoms with Crippen molar-refractivity contribution in [2.24, 2.45) is 17.8 Å². The highest BCUT2D eigenvalue weighted by Crippen LogP contribution is 2.50. The summed E-state index contributed by atoms with van der Waals surface area (Å²) in [4.78, 5) is 17.6. The van der Waals surface area contributed by atoms with Gasteiger partial charge in [-0.05, 0) is 106 Å². The minimum absolute atomic E-state index is 0.0584. The van der Waals surface area contributed by atoms with Crippen LogP contribution in [-0.4, -0.2) is 63.2 Å². The summed E-state index contributed by atoms with van der Waals surface area (Å²) in [5, 5.41) is 13.8. The SMILES string of the molecule is C=CC(=O)N[C@H]1CCC[C@@H]1[C@](C#N)(c1cccc(F)c1)C1CCN(CC2CN(c3ccc(S(=O)(=O)C4CCCCC4)cc3)C2)CC1. The molecule has 2 heterocycles. The highest BCUT2D eigenvalue weighted by atomic mass is 32.2. The number of nitrogens with one attached hydrogen (secondary N) is 1. The molecule has 1 N–H and O–H groups in total. The number of halogens is 1. The molecule has 2 saturated carbocycles. The van der Waals surface area contributed by atoms with E-state index < -0.39 is 15.3 Å². The normalized spacial score (nSPS) is 24.9. The van der Waals surface area contributed by atoms with Crippen LogP contribution in [0, 0.1) is 34.9 Å². The number of hydrogen-bond donors (Lipinski definition) is 1. The molecule has 2 aliphatic heterocycles. The number of carbonyl (C=O) groups excluding carboxylic acids is 1. The smallest absolute Gasteiger partial charge is 0.243 e. The molecule has 0 bridgehead atoms. The van der Waals surface area contributed by atoms with E-state index in [0.29, 0.717) is 10.8 Å². The van der Waals surface area contributed by atoms with Crippen molar-refractivity contribution >= 4 is 21.4 Å². The summed E-state index contributed by atoms with van der Waals surface area (Å²) >= 11 is 0. The molecule has 7 nitrogen and oxygen atoms in total. The fourth-order valence-corrected chi connectivity index (χ4v) is 10.8. The number of sulfone groups is 1. The topological polar surface area (TPSA) is 93.5 Å². The number of benzene rings is 2. The summed E-state index contributed by atoms with van der Waals surface area (Å²) in [6, 6.07) is 16.6. The highest BCUT2D eigenvalue weighted by Gasteiger charge is 2.52. The lowest BCUT2D eigenvalue weighted by atomic mass is 9.59. The van der Waals surface area contributed by atoms with E-state index in [0.717, 1.165) is 108 Å². The Morgan fingerprint density at radius 2 is 1.72 bits per heavy atom. The van der Waals surface area contributed by atoms with Gasteiger partial charge in [0.05, 0.1) is 21.6 Å². The zero-order valence-corrected chi connectivity index (χ0v) is 27.6. The number of anilines is 1. The van der Waals surface area contributed by atoms with E-state index in [1.165, 1.54) is 18.2 Å². The number of nitriles is 1. The Bertz CT molecular complexity index is 1540. The summed E-state index contributed by atoms with van der Waals surface area (Å²) in [6.07, 6.45) is 10.2. The number of rotatable bonds is 10. The van der Waals surface area contributed by atoms with Crippen LogP contribution in [0.1, 0.15) is 69.8 Å². The van der Waals surface area contributed by atoms with Crippen LogP contribution in [0.2, 0.25) is 0 Å². The summed E-state index contributed by atoms with van der Waals surface area (Å²) in [5.74, 6) is -0.0754. The molecule has 1 amide bonds. The maximum atomic E-state index is 14.6. The molecule has 0 spiro atoms. The Morgan fingerprint density at radius 1 is 1.00 bits per heavy atom. The van der Waals surface area contributed by atoms with Crippen molar-refractivity contribution < 1.29 is 17.6 Å². The quantitative estimate of drug-likeness (QED) is 0.318. The molecule has 0 aromatic heterocycles. The summed E-state index contributed by atoms with van der Waals surface area (Å²) < 4.78 is 40.8. The zero-order chi connectivity index (χ0) is 32.3. The molecule has 4 fully saturated rings. The number of amides is 1. The van der Waals surface area contributed by atoms with Crippen molar-refractivity contribution in [3.05, 3.63) is 72.6 Å². The standard InChI is InChI=1S/C37H47FN4O3S/c1-2-36(43)40-35-13-7-12-34(35)37(26-39,29-8-6-9-30(38)22-29)28-18-20-41(21-19-28)23-27-24-42(25-27)31-14-16-33(17-15-31)46(44,45)32-10-4-3-5-11-32/h2,6,8-9,14-17,22,27-28,32,34-35H,1,3-5,7,10-13,18-21,23-25H2,(H,40,43)/t34-,35-,37-/m0/s1. The molecule has 2 aromatic rings. The number of nitrogens with zero attached hydrogens (tertiary/aromatic N) is 3. The first-order valence-corrected chi connectivity index (χ1v) is 18.7. The maximum absolute atomic E-state index is 14.6. The van der Waals surface area contributed by atoms with E-state index in [1.54, 1.807) is 18.2 Å². The third-order valence-corrected chi connectivity index (χ3v) is 13.6. The third kappa shape index (κ3) is 6.48. The predicted molar refractivity (Wildman–Crippen MR) is 179 cm³/mol.